The Morgan fingerprint density at radius 2 is 0.969 bits per heavy atom. The first-order chi connectivity index (χ1) is 30.5. The van der Waals surface area contributed by atoms with E-state index in [-0.39, 0.29) is 62.3 Å². The van der Waals surface area contributed by atoms with E-state index in [2.05, 4.69) is 10.6 Å². The van der Waals surface area contributed by atoms with Crippen molar-refractivity contribution in [2.24, 2.45) is 23.7 Å². The number of sulfonamides is 2. The highest BCUT2D eigenvalue weighted by atomic mass is 32.2. The predicted octanol–water partition coefficient (Wildman–Crippen LogP) is 2.24. The molecule has 8 atom stereocenters. The molecule has 2 fully saturated rings. The summed E-state index contributed by atoms with van der Waals surface area (Å²) in [6.45, 7) is 3.67. The molecule has 340 valence electrons. The Kier molecular flexibility index (Phi) is 13.7. The van der Waals surface area contributed by atoms with Gasteiger partial charge < -0.3 is 30.0 Å². The molecule has 0 unspecified atom stereocenters. The number of carbonyl (C=O) groups excluding carboxylic acids is 2. The molecule has 4 N–H and O–H groups in total. The summed E-state index contributed by atoms with van der Waals surface area (Å²) in [6, 6.07) is 22.5. The lowest BCUT2D eigenvalue weighted by Gasteiger charge is -2.36. The van der Waals surface area contributed by atoms with Crippen LogP contribution in [0.4, 0.5) is 0 Å². The molecule has 2 saturated heterocycles. The number of aliphatic hydroxyl groups is 2. The summed E-state index contributed by atoms with van der Waals surface area (Å²) < 4.78 is 56.7. The Morgan fingerprint density at radius 1 is 0.609 bits per heavy atom. The van der Waals surface area contributed by atoms with Crippen molar-refractivity contribution in [3.8, 4) is 0 Å². The number of pyridine rings is 2. The van der Waals surface area contributed by atoms with Crippen molar-refractivity contribution in [1.82, 2.24) is 28.4 Å². The summed E-state index contributed by atoms with van der Waals surface area (Å²) in [7, 11) is -7.40. The van der Waals surface area contributed by atoms with E-state index in [1.807, 2.05) is 74.5 Å². The maximum absolute atomic E-state index is 13.3. The maximum Gasteiger partial charge on any atom is 0.258 e. The van der Waals surface area contributed by atoms with Crippen molar-refractivity contribution in [2.45, 2.75) is 64.2 Å². The third-order valence-electron chi connectivity index (χ3n) is 12.7. The molecular weight excluding hydrogens is 861 g/mol. The van der Waals surface area contributed by atoms with Crippen LogP contribution in [0.25, 0.3) is 12.2 Å². The van der Waals surface area contributed by atoms with Crippen LogP contribution in [-0.2, 0) is 55.8 Å². The highest BCUT2D eigenvalue weighted by molar-refractivity contribution is 7.88. The topological polar surface area (TPSA) is 217 Å². The molecule has 0 spiro atoms. The molecule has 4 aliphatic rings. The number of carbonyl (C=O) groups is 2. The van der Waals surface area contributed by atoms with Crippen molar-refractivity contribution < 1.29 is 36.6 Å². The van der Waals surface area contributed by atoms with Crippen molar-refractivity contribution in [1.29, 1.82) is 0 Å². The van der Waals surface area contributed by atoms with Gasteiger partial charge in [-0.2, -0.15) is 8.61 Å². The standard InChI is InChI=1S/2C23H27N3O5S/c2*1-3-7-16-10-11-18-21-20(22(28)24-12-15-8-5-4-6-9-15)17(14-27)19(13-25(18)23(16)29)26(21)32(2,30)31/h2*3-11,17,19-21,27H,12-14H2,1-2H3,(H,24,28)/b7-3+;7-3-/t2*17-,19-,20+,21+/m00/s1. The molecule has 2 aromatic heterocycles. The number of amides is 2. The summed E-state index contributed by atoms with van der Waals surface area (Å²) in [5, 5.41) is 26.2. The van der Waals surface area contributed by atoms with Crippen molar-refractivity contribution in [3.05, 3.63) is 151 Å². The molecule has 8 rings (SSSR count). The minimum absolute atomic E-state index is 0.0941. The van der Waals surface area contributed by atoms with Crippen LogP contribution in [0.1, 0.15) is 59.6 Å². The SMILES string of the molecule is C/C=C/c1ccc2n(c1=O)C[C@H]1[C@H](CO)[C@@H](C(=O)NCc3ccccc3)[C@@H]2N1S(C)(=O)=O.C/C=C\c1ccc2n(c1=O)C[C@H]1[C@H](CO)[C@@H](C(=O)NCc3ccccc3)[C@@H]2N1S(C)(=O)=O. The second-order valence-corrected chi connectivity index (χ2v) is 20.4. The molecule has 18 heteroatoms. The van der Waals surface area contributed by atoms with Crippen LogP contribution in [0.3, 0.4) is 0 Å². The number of nitrogens with one attached hydrogen (secondary N) is 2. The number of aliphatic hydroxyl groups excluding tert-OH is 2. The van der Waals surface area contributed by atoms with Gasteiger partial charge in [-0.1, -0.05) is 85.0 Å². The Bertz CT molecular complexity index is 2600. The first-order valence-electron chi connectivity index (χ1n) is 21.1. The van der Waals surface area contributed by atoms with Crippen LogP contribution in [0.15, 0.2) is 107 Å². The van der Waals surface area contributed by atoms with Gasteiger partial charge in [-0.15, -0.1) is 0 Å². The Balaban J connectivity index is 0.000000191. The van der Waals surface area contributed by atoms with Crippen molar-refractivity contribution in [2.75, 3.05) is 25.7 Å². The van der Waals surface area contributed by atoms with E-state index in [1.165, 1.54) is 8.61 Å². The van der Waals surface area contributed by atoms with Gasteiger partial charge in [0, 0.05) is 85.8 Å². The van der Waals surface area contributed by atoms with Crippen LogP contribution in [0, 0.1) is 23.7 Å². The number of fused-ring (bicyclic) bond motifs is 8. The molecule has 4 aliphatic heterocycles. The summed E-state index contributed by atoms with van der Waals surface area (Å²) in [5.74, 6) is -3.57. The average Bonchev–Trinajstić information content (AvgIpc) is 3.69. The average molecular weight is 915 g/mol. The number of benzene rings is 2. The molecule has 2 aromatic carbocycles. The number of hydrogen-bond acceptors (Lipinski definition) is 10. The fourth-order valence-corrected chi connectivity index (χ4v) is 12.8. The summed E-state index contributed by atoms with van der Waals surface area (Å²) >= 11 is 0. The monoisotopic (exact) mass is 914 g/mol. The molecule has 2 amide bonds. The highest BCUT2D eigenvalue weighted by Crippen LogP contribution is 2.51. The van der Waals surface area contributed by atoms with Crippen LogP contribution in [-0.4, -0.2) is 94.4 Å². The van der Waals surface area contributed by atoms with Gasteiger partial charge in [-0.25, -0.2) is 16.8 Å². The van der Waals surface area contributed by atoms with Gasteiger partial charge in [0.1, 0.15) is 0 Å². The van der Waals surface area contributed by atoms with E-state index in [0.717, 1.165) is 23.6 Å². The van der Waals surface area contributed by atoms with E-state index in [1.54, 1.807) is 57.7 Å². The number of allylic oxidation sites excluding steroid dienone is 2. The second-order valence-electron chi connectivity index (χ2n) is 16.6. The molecule has 4 bridgehead atoms. The van der Waals surface area contributed by atoms with Gasteiger partial charge in [0.05, 0.1) is 36.4 Å². The van der Waals surface area contributed by atoms with E-state index in [4.69, 9.17) is 0 Å². The molecule has 64 heavy (non-hydrogen) atoms. The largest absolute Gasteiger partial charge is 0.396 e. The Hall–Kier alpha value is -5.50. The first kappa shape index (κ1) is 46.5. The highest BCUT2D eigenvalue weighted by Gasteiger charge is 2.60. The Morgan fingerprint density at radius 3 is 1.28 bits per heavy atom. The quantitative estimate of drug-likeness (QED) is 0.163. The first-order valence-corrected chi connectivity index (χ1v) is 24.8. The zero-order chi connectivity index (χ0) is 46.1. The van der Waals surface area contributed by atoms with Gasteiger partial charge in [0.25, 0.3) is 11.1 Å². The minimum atomic E-state index is -3.70. The van der Waals surface area contributed by atoms with E-state index in [9.17, 15) is 46.2 Å². The third kappa shape index (κ3) is 8.82. The van der Waals surface area contributed by atoms with Gasteiger partial charge in [0.2, 0.25) is 31.9 Å². The molecule has 6 heterocycles. The Labute approximate surface area is 372 Å². The molecule has 4 aromatic rings. The number of rotatable bonds is 12. The van der Waals surface area contributed by atoms with E-state index >= 15 is 0 Å². The summed E-state index contributed by atoms with van der Waals surface area (Å²) in [6.07, 6.45) is 9.14. The smallest absolute Gasteiger partial charge is 0.258 e. The minimum Gasteiger partial charge on any atom is -0.396 e. The summed E-state index contributed by atoms with van der Waals surface area (Å²) in [4.78, 5) is 52.7. The molecule has 16 nitrogen and oxygen atoms in total. The zero-order valence-corrected chi connectivity index (χ0v) is 37.7. The normalized spacial score (nSPS) is 25.1. The number of hydrogen-bond donors (Lipinski definition) is 4. The maximum atomic E-state index is 13.3. The van der Waals surface area contributed by atoms with Crippen LogP contribution < -0.4 is 21.8 Å². The van der Waals surface area contributed by atoms with E-state index < -0.39 is 67.9 Å². The zero-order valence-electron chi connectivity index (χ0n) is 36.0. The van der Waals surface area contributed by atoms with Crippen molar-refractivity contribution >= 4 is 44.0 Å². The lowest BCUT2D eigenvalue weighted by Crippen LogP contribution is -2.48. The third-order valence-corrected chi connectivity index (χ3v) is 15.2. The van der Waals surface area contributed by atoms with Crippen LogP contribution in [0.2, 0.25) is 0 Å². The molecule has 0 saturated carbocycles. The summed E-state index contributed by atoms with van der Waals surface area (Å²) in [5.41, 5.74) is 3.30. The molecular formula is C46H54N6O10S2. The van der Waals surface area contributed by atoms with Crippen LogP contribution >= 0.6 is 0 Å². The lowest BCUT2D eigenvalue weighted by atomic mass is 9.86. The number of nitrogens with zero attached hydrogens (tertiary/aromatic N) is 4. The van der Waals surface area contributed by atoms with Gasteiger partial charge in [-0.3, -0.25) is 19.2 Å². The van der Waals surface area contributed by atoms with Gasteiger partial charge >= 0.3 is 0 Å². The fourth-order valence-electron chi connectivity index (χ4n) is 10.1. The predicted molar refractivity (Wildman–Crippen MR) is 242 cm³/mol. The molecule has 0 aliphatic carbocycles. The van der Waals surface area contributed by atoms with Gasteiger partial charge in [-0.05, 0) is 49.2 Å². The number of aromatic nitrogens is 2. The van der Waals surface area contributed by atoms with Gasteiger partial charge in [0.15, 0.2) is 0 Å². The lowest BCUT2D eigenvalue weighted by molar-refractivity contribution is -0.128. The fraction of sp³-hybridized carbons (Fsp3) is 0.391. The van der Waals surface area contributed by atoms with Crippen molar-refractivity contribution in [3.63, 3.8) is 0 Å². The molecule has 0 radical (unpaired) electrons. The van der Waals surface area contributed by atoms with Crippen LogP contribution in [0.5, 0.6) is 0 Å². The van der Waals surface area contributed by atoms with E-state index in [0.29, 0.717) is 22.5 Å². The second kappa shape index (κ2) is 18.9.